The Kier molecular flexibility index (Phi) is 1.98. The molecule has 0 amide bonds. The van der Waals surface area contributed by atoms with E-state index in [9.17, 15) is 18.0 Å². The van der Waals surface area contributed by atoms with E-state index in [1.165, 1.54) is 6.20 Å². The summed E-state index contributed by atoms with van der Waals surface area (Å²) in [5.74, 6) is 0. The smallest absolute Gasteiger partial charge is 0.303 e. The largest absolute Gasteiger partial charge is 0.406 e. The van der Waals surface area contributed by atoms with Crippen LogP contribution < -0.4 is 5.69 Å². The number of imidazole rings is 1. The summed E-state index contributed by atoms with van der Waals surface area (Å²) < 4.78 is 36.9. The van der Waals surface area contributed by atoms with Crippen molar-refractivity contribution in [1.29, 1.82) is 0 Å². The van der Waals surface area contributed by atoms with Crippen molar-refractivity contribution in [2.75, 3.05) is 0 Å². The zero-order valence-corrected chi connectivity index (χ0v) is 7.25. The van der Waals surface area contributed by atoms with E-state index < -0.39 is 18.4 Å². The number of hydrogen-bond acceptors (Lipinski definition) is 3. The van der Waals surface area contributed by atoms with E-state index in [4.69, 9.17) is 0 Å². The minimum Gasteiger partial charge on any atom is -0.303 e. The van der Waals surface area contributed by atoms with Crippen LogP contribution in [0.1, 0.15) is 0 Å². The quantitative estimate of drug-likeness (QED) is 0.765. The number of rotatable bonds is 1. The van der Waals surface area contributed by atoms with Gasteiger partial charge in [0, 0.05) is 0 Å². The molecule has 2 rings (SSSR count). The molecule has 5 nitrogen and oxygen atoms in total. The molecule has 0 unspecified atom stereocenters. The summed E-state index contributed by atoms with van der Waals surface area (Å²) in [4.78, 5) is 20.6. The molecular formula is C7H5F3N4O. The monoisotopic (exact) mass is 218 g/mol. The van der Waals surface area contributed by atoms with E-state index in [1.807, 2.05) is 0 Å². The van der Waals surface area contributed by atoms with Crippen molar-refractivity contribution in [3.05, 3.63) is 23.0 Å². The van der Waals surface area contributed by atoms with E-state index in [0.717, 1.165) is 6.33 Å². The van der Waals surface area contributed by atoms with Gasteiger partial charge in [0.15, 0.2) is 5.65 Å². The van der Waals surface area contributed by atoms with E-state index >= 15 is 0 Å². The zero-order chi connectivity index (χ0) is 11.1. The lowest BCUT2D eigenvalue weighted by molar-refractivity contribution is -0.140. The molecule has 0 saturated heterocycles. The van der Waals surface area contributed by atoms with Crippen molar-refractivity contribution in [2.24, 2.45) is 0 Å². The van der Waals surface area contributed by atoms with Gasteiger partial charge in [0.2, 0.25) is 0 Å². The SMILES string of the molecule is O=c1[nH]c2cncnc2n1CC(F)(F)F. The normalized spacial score (nSPS) is 12.2. The van der Waals surface area contributed by atoms with Crippen LogP contribution in [-0.2, 0) is 6.54 Å². The highest BCUT2D eigenvalue weighted by Crippen LogP contribution is 2.18. The summed E-state index contributed by atoms with van der Waals surface area (Å²) in [7, 11) is 0. The second-order valence-corrected chi connectivity index (χ2v) is 2.89. The van der Waals surface area contributed by atoms with Gasteiger partial charge in [-0.15, -0.1) is 0 Å². The third-order valence-electron chi connectivity index (χ3n) is 1.77. The number of nitrogens with one attached hydrogen (secondary N) is 1. The molecule has 0 aliphatic carbocycles. The number of nitrogens with zero attached hydrogens (tertiary/aromatic N) is 3. The van der Waals surface area contributed by atoms with Crippen molar-refractivity contribution in [1.82, 2.24) is 19.5 Å². The first-order valence-electron chi connectivity index (χ1n) is 3.92. The topological polar surface area (TPSA) is 63.6 Å². The summed E-state index contributed by atoms with van der Waals surface area (Å²) in [5.41, 5.74) is -0.707. The third kappa shape index (κ3) is 1.83. The highest BCUT2D eigenvalue weighted by molar-refractivity contribution is 5.68. The average molecular weight is 218 g/mol. The van der Waals surface area contributed by atoms with Gasteiger partial charge in [-0.2, -0.15) is 13.2 Å². The summed E-state index contributed by atoms with van der Waals surface area (Å²) in [6, 6.07) is 0. The van der Waals surface area contributed by atoms with E-state index in [1.54, 1.807) is 0 Å². The number of aromatic nitrogens is 4. The number of fused-ring (bicyclic) bond motifs is 1. The Morgan fingerprint density at radius 3 is 2.87 bits per heavy atom. The second-order valence-electron chi connectivity index (χ2n) is 2.89. The maximum Gasteiger partial charge on any atom is 0.406 e. The predicted molar refractivity (Wildman–Crippen MR) is 44.2 cm³/mol. The van der Waals surface area contributed by atoms with Crippen LogP contribution in [0.3, 0.4) is 0 Å². The van der Waals surface area contributed by atoms with Gasteiger partial charge in [-0.3, -0.25) is 4.57 Å². The van der Waals surface area contributed by atoms with Crippen molar-refractivity contribution < 1.29 is 13.2 Å². The first kappa shape index (κ1) is 9.69. The molecule has 2 aromatic rings. The van der Waals surface area contributed by atoms with Crippen LogP contribution in [0, 0.1) is 0 Å². The highest BCUT2D eigenvalue weighted by Gasteiger charge is 2.30. The van der Waals surface area contributed by atoms with Crippen molar-refractivity contribution in [3.8, 4) is 0 Å². The van der Waals surface area contributed by atoms with Gasteiger partial charge in [-0.1, -0.05) is 0 Å². The van der Waals surface area contributed by atoms with Crippen LogP contribution in [0.5, 0.6) is 0 Å². The van der Waals surface area contributed by atoms with Gasteiger partial charge in [-0.25, -0.2) is 14.8 Å². The predicted octanol–water partition coefficient (Wildman–Crippen LogP) is 0.682. The number of halogens is 3. The minimum absolute atomic E-state index is 0.0488. The fraction of sp³-hybridized carbons (Fsp3) is 0.286. The summed E-state index contributed by atoms with van der Waals surface area (Å²) in [6.07, 6.45) is -2.12. The van der Waals surface area contributed by atoms with Crippen molar-refractivity contribution in [2.45, 2.75) is 12.7 Å². The molecule has 2 aromatic heterocycles. The second kappa shape index (κ2) is 3.07. The van der Waals surface area contributed by atoms with Crippen molar-refractivity contribution >= 4 is 11.2 Å². The van der Waals surface area contributed by atoms with Gasteiger partial charge in [-0.05, 0) is 0 Å². The number of alkyl halides is 3. The zero-order valence-electron chi connectivity index (χ0n) is 7.25. The average Bonchev–Trinajstić information content (AvgIpc) is 2.41. The molecule has 0 aliphatic heterocycles. The molecule has 0 saturated carbocycles. The summed E-state index contributed by atoms with van der Waals surface area (Å²) >= 11 is 0. The highest BCUT2D eigenvalue weighted by atomic mass is 19.4. The molecule has 1 N–H and O–H groups in total. The number of aromatic amines is 1. The van der Waals surface area contributed by atoms with Crippen LogP contribution in [0.4, 0.5) is 13.2 Å². The number of hydrogen-bond donors (Lipinski definition) is 1. The Hall–Kier alpha value is -1.86. The van der Waals surface area contributed by atoms with Crippen molar-refractivity contribution in [3.63, 3.8) is 0 Å². The van der Waals surface area contributed by atoms with Crippen LogP contribution in [0.25, 0.3) is 11.2 Å². The molecular weight excluding hydrogens is 213 g/mol. The molecule has 15 heavy (non-hydrogen) atoms. The first-order chi connectivity index (χ1) is 6.97. The third-order valence-corrected chi connectivity index (χ3v) is 1.77. The van der Waals surface area contributed by atoms with Crippen LogP contribution in [0.2, 0.25) is 0 Å². The molecule has 0 atom stereocenters. The molecule has 80 valence electrons. The van der Waals surface area contributed by atoms with Gasteiger partial charge >= 0.3 is 11.9 Å². The maximum atomic E-state index is 12.1. The first-order valence-corrected chi connectivity index (χ1v) is 3.92. The Labute approximate surface area is 80.6 Å². The van der Waals surface area contributed by atoms with Gasteiger partial charge in [0.1, 0.15) is 18.4 Å². The van der Waals surface area contributed by atoms with Gasteiger partial charge in [0.05, 0.1) is 6.20 Å². The lowest BCUT2D eigenvalue weighted by Gasteiger charge is -2.05. The van der Waals surface area contributed by atoms with Crippen LogP contribution >= 0.6 is 0 Å². The van der Waals surface area contributed by atoms with Crippen LogP contribution in [-0.4, -0.2) is 25.7 Å². The van der Waals surface area contributed by atoms with Crippen LogP contribution in [0.15, 0.2) is 17.3 Å². The Bertz CT molecular complexity index is 541. The summed E-state index contributed by atoms with van der Waals surface area (Å²) in [5, 5.41) is 0. The molecule has 2 heterocycles. The fourth-order valence-corrected chi connectivity index (χ4v) is 1.23. The Morgan fingerprint density at radius 1 is 1.47 bits per heavy atom. The molecule has 0 radical (unpaired) electrons. The standard InChI is InChI=1S/C7H5F3N4O/c8-7(9,10)2-14-5-4(13-6(14)15)1-11-3-12-5/h1,3H,2H2,(H,13,15). The lowest BCUT2D eigenvalue weighted by atomic mass is 10.5. The minimum atomic E-state index is -4.45. The molecule has 0 aliphatic rings. The summed E-state index contributed by atoms with van der Waals surface area (Å²) in [6.45, 7) is -1.36. The Morgan fingerprint density at radius 2 is 2.20 bits per heavy atom. The van der Waals surface area contributed by atoms with E-state index in [2.05, 4.69) is 15.0 Å². The molecule has 0 aromatic carbocycles. The molecule has 0 bridgehead atoms. The lowest BCUT2D eigenvalue weighted by Crippen LogP contribution is -2.26. The van der Waals surface area contributed by atoms with E-state index in [-0.39, 0.29) is 11.2 Å². The molecule has 0 spiro atoms. The fourth-order valence-electron chi connectivity index (χ4n) is 1.23. The molecule has 0 fully saturated rings. The Balaban J connectivity index is 2.60. The number of H-pyrrole nitrogens is 1. The van der Waals surface area contributed by atoms with Gasteiger partial charge in [0.25, 0.3) is 0 Å². The van der Waals surface area contributed by atoms with Gasteiger partial charge < -0.3 is 4.98 Å². The maximum absolute atomic E-state index is 12.1. The van der Waals surface area contributed by atoms with E-state index in [0.29, 0.717) is 4.57 Å². The molecule has 8 heteroatoms.